The molecule has 5 nitrogen and oxygen atoms in total. The van der Waals surface area contributed by atoms with Gasteiger partial charge in [0.2, 0.25) is 0 Å². The Hall–Kier alpha value is -1.63. The number of urea groups is 1. The number of benzene rings is 1. The van der Waals surface area contributed by atoms with Crippen LogP contribution in [0.5, 0.6) is 0 Å². The Morgan fingerprint density at radius 1 is 1.47 bits per heavy atom. The van der Waals surface area contributed by atoms with Crippen LogP contribution >= 0.6 is 15.9 Å². The van der Waals surface area contributed by atoms with Crippen molar-refractivity contribution in [1.82, 2.24) is 5.32 Å². The number of carbonyl (C=O) groups excluding carboxylic acids is 1. The molecule has 0 aliphatic rings. The van der Waals surface area contributed by atoms with Crippen LogP contribution < -0.4 is 10.6 Å². The van der Waals surface area contributed by atoms with Crippen molar-refractivity contribution in [1.29, 1.82) is 0 Å². The quantitative estimate of drug-likeness (QED) is 0.800. The molecule has 0 unspecified atom stereocenters. The number of rotatable bonds is 3. The SMILES string of the molecule is Cc1cc(F)c(Br)cc1NC(=O)NCC(=O)O. The Morgan fingerprint density at radius 2 is 2.12 bits per heavy atom. The molecule has 1 rings (SSSR count). The molecule has 0 spiro atoms. The summed E-state index contributed by atoms with van der Waals surface area (Å²) < 4.78 is 13.3. The maximum atomic E-state index is 13.1. The fourth-order valence-corrected chi connectivity index (χ4v) is 1.45. The molecule has 0 saturated carbocycles. The Balaban J connectivity index is 2.71. The second-order valence-corrected chi connectivity index (χ2v) is 4.14. The minimum atomic E-state index is -1.14. The molecule has 0 atom stereocenters. The van der Waals surface area contributed by atoms with Crippen LogP contribution in [0.1, 0.15) is 5.56 Å². The van der Waals surface area contributed by atoms with Crippen molar-refractivity contribution in [3.8, 4) is 0 Å². The average molecular weight is 305 g/mol. The lowest BCUT2D eigenvalue weighted by molar-refractivity contribution is -0.135. The smallest absolute Gasteiger partial charge is 0.323 e. The number of anilines is 1. The van der Waals surface area contributed by atoms with Crippen molar-refractivity contribution in [2.75, 3.05) is 11.9 Å². The van der Waals surface area contributed by atoms with Crippen molar-refractivity contribution in [2.24, 2.45) is 0 Å². The van der Waals surface area contributed by atoms with E-state index in [1.807, 2.05) is 0 Å². The van der Waals surface area contributed by atoms with Crippen LogP contribution in [0.2, 0.25) is 0 Å². The highest BCUT2D eigenvalue weighted by molar-refractivity contribution is 9.10. The van der Waals surface area contributed by atoms with Gasteiger partial charge in [-0.3, -0.25) is 4.79 Å². The summed E-state index contributed by atoms with van der Waals surface area (Å²) in [6.45, 7) is 1.15. The highest BCUT2D eigenvalue weighted by Crippen LogP contribution is 2.23. The van der Waals surface area contributed by atoms with E-state index in [9.17, 15) is 14.0 Å². The van der Waals surface area contributed by atoms with E-state index in [4.69, 9.17) is 5.11 Å². The first-order chi connectivity index (χ1) is 7.90. The molecule has 0 aliphatic heterocycles. The third-order valence-electron chi connectivity index (χ3n) is 1.92. The molecule has 7 heteroatoms. The molecule has 0 fully saturated rings. The van der Waals surface area contributed by atoms with Crippen LogP contribution in [-0.4, -0.2) is 23.7 Å². The van der Waals surface area contributed by atoms with Crippen molar-refractivity contribution in [3.63, 3.8) is 0 Å². The number of hydrogen-bond acceptors (Lipinski definition) is 2. The summed E-state index contributed by atoms with van der Waals surface area (Å²) in [6.07, 6.45) is 0. The van der Waals surface area contributed by atoms with Gasteiger partial charge in [0.05, 0.1) is 4.47 Å². The van der Waals surface area contributed by atoms with Crippen LogP contribution in [0.25, 0.3) is 0 Å². The molecule has 0 aromatic heterocycles. The zero-order valence-electron chi connectivity index (χ0n) is 8.88. The number of aliphatic carboxylic acids is 1. The third kappa shape index (κ3) is 4.03. The topological polar surface area (TPSA) is 78.4 Å². The van der Waals surface area contributed by atoms with Crippen molar-refractivity contribution in [2.45, 2.75) is 6.92 Å². The molecule has 17 heavy (non-hydrogen) atoms. The molecule has 1 aromatic carbocycles. The lowest BCUT2D eigenvalue weighted by Gasteiger charge is -2.09. The first-order valence-corrected chi connectivity index (χ1v) is 5.41. The molecule has 1 aromatic rings. The fourth-order valence-electron chi connectivity index (χ4n) is 1.10. The van der Waals surface area contributed by atoms with Crippen LogP contribution in [0.15, 0.2) is 16.6 Å². The average Bonchev–Trinajstić information content (AvgIpc) is 2.23. The zero-order valence-corrected chi connectivity index (χ0v) is 10.5. The van der Waals surface area contributed by atoms with Gasteiger partial charge in [0.1, 0.15) is 12.4 Å². The first-order valence-electron chi connectivity index (χ1n) is 4.62. The molecule has 0 aliphatic carbocycles. The predicted molar refractivity (Wildman–Crippen MR) is 63.5 cm³/mol. The van der Waals surface area contributed by atoms with Crippen LogP contribution in [0, 0.1) is 12.7 Å². The van der Waals surface area contributed by atoms with Crippen LogP contribution in [-0.2, 0) is 4.79 Å². The summed E-state index contributed by atoms with van der Waals surface area (Å²) in [7, 11) is 0. The first kappa shape index (κ1) is 13.4. The number of halogens is 2. The van der Waals surface area contributed by atoms with Gasteiger partial charge in [-0.15, -0.1) is 0 Å². The minimum Gasteiger partial charge on any atom is -0.480 e. The monoisotopic (exact) mass is 304 g/mol. The summed E-state index contributed by atoms with van der Waals surface area (Å²) in [4.78, 5) is 21.5. The largest absolute Gasteiger partial charge is 0.480 e. The van der Waals surface area contributed by atoms with Crippen molar-refractivity contribution >= 4 is 33.6 Å². The molecule has 92 valence electrons. The molecule has 0 radical (unpaired) electrons. The Morgan fingerprint density at radius 3 is 2.71 bits per heavy atom. The molecule has 0 bridgehead atoms. The van der Waals surface area contributed by atoms with Crippen molar-refractivity contribution in [3.05, 3.63) is 28.0 Å². The van der Waals surface area contributed by atoms with E-state index in [-0.39, 0.29) is 4.47 Å². The Labute approximate surface area is 105 Å². The van der Waals surface area contributed by atoms with E-state index in [0.29, 0.717) is 11.3 Å². The van der Waals surface area contributed by atoms with Gasteiger partial charge in [-0.05, 0) is 40.5 Å². The van der Waals surface area contributed by atoms with Gasteiger partial charge in [-0.1, -0.05) is 0 Å². The third-order valence-corrected chi connectivity index (χ3v) is 2.52. The highest BCUT2D eigenvalue weighted by Gasteiger charge is 2.09. The van der Waals surface area contributed by atoms with Gasteiger partial charge in [-0.2, -0.15) is 0 Å². The predicted octanol–water partition coefficient (Wildman–Crippen LogP) is 2.10. The van der Waals surface area contributed by atoms with Crippen LogP contribution in [0.4, 0.5) is 14.9 Å². The molecular formula is C10H10BrFN2O3. The number of hydrogen-bond donors (Lipinski definition) is 3. The van der Waals surface area contributed by atoms with E-state index in [1.165, 1.54) is 12.1 Å². The van der Waals surface area contributed by atoms with Gasteiger partial charge >= 0.3 is 12.0 Å². The number of nitrogens with one attached hydrogen (secondary N) is 2. The Kier molecular flexibility index (Phi) is 4.45. The summed E-state index contributed by atoms with van der Waals surface area (Å²) in [5, 5.41) is 12.9. The van der Waals surface area contributed by atoms with E-state index in [2.05, 4.69) is 26.6 Å². The molecule has 2 amide bonds. The fraction of sp³-hybridized carbons (Fsp3) is 0.200. The zero-order chi connectivity index (χ0) is 13.0. The van der Waals surface area contributed by atoms with E-state index >= 15 is 0 Å². The summed E-state index contributed by atoms with van der Waals surface area (Å²) in [6, 6.07) is 2.01. The normalized spacial score (nSPS) is 9.82. The van der Waals surface area contributed by atoms with Gasteiger partial charge < -0.3 is 15.7 Å². The standard InChI is InChI=1S/C10H10BrFN2O3/c1-5-2-7(12)6(11)3-8(5)14-10(17)13-4-9(15)16/h2-3H,4H2,1H3,(H,15,16)(H2,13,14,17). The highest BCUT2D eigenvalue weighted by atomic mass is 79.9. The van der Waals surface area contributed by atoms with Gasteiger partial charge in [0.15, 0.2) is 0 Å². The minimum absolute atomic E-state index is 0.219. The second kappa shape index (κ2) is 5.62. The van der Waals surface area contributed by atoms with Crippen molar-refractivity contribution < 1.29 is 19.1 Å². The summed E-state index contributed by atoms with van der Waals surface area (Å²) in [5.41, 5.74) is 0.942. The second-order valence-electron chi connectivity index (χ2n) is 3.28. The maximum Gasteiger partial charge on any atom is 0.323 e. The summed E-state index contributed by atoms with van der Waals surface area (Å²) in [5.74, 6) is -1.57. The Bertz CT molecular complexity index is 465. The van der Waals surface area contributed by atoms with E-state index < -0.39 is 24.4 Å². The molecular weight excluding hydrogens is 295 g/mol. The number of carbonyl (C=O) groups is 2. The van der Waals surface area contributed by atoms with E-state index in [0.717, 1.165) is 0 Å². The number of amides is 2. The van der Waals surface area contributed by atoms with Gasteiger partial charge in [0.25, 0.3) is 0 Å². The molecule has 0 saturated heterocycles. The lowest BCUT2D eigenvalue weighted by Crippen LogP contribution is -2.33. The maximum absolute atomic E-state index is 13.1. The van der Waals surface area contributed by atoms with Gasteiger partial charge in [0, 0.05) is 5.69 Å². The lowest BCUT2D eigenvalue weighted by atomic mass is 10.2. The summed E-state index contributed by atoms with van der Waals surface area (Å²) >= 11 is 2.99. The molecule has 3 N–H and O–H groups in total. The van der Waals surface area contributed by atoms with E-state index in [1.54, 1.807) is 6.92 Å². The number of aryl methyl sites for hydroxylation is 1. The number of carboxylic acids is 1. The van der Waals surface area contributed by atoms with Gasteiger partial charge in [-0.25, -0.2) is 9.18 Å². The number of carboxylic acid groups (broad SMARTS) is 1. The van der Waals surface area contributed by atoms with Crippen LogP contribution in [0.3, 0.4) is 0 Å². The molecule has 0 heterocycles.